The van der Waals surface area contributed by atoms with Crippen molar-refractivity contribution in [2.24, 2.45) is 0 Å². The van der Waals surface area contributed by atoms with Crippen LogP contribution in [0.5, 0.6) is 0 Å². The molecule has 0 saturated carbocycles. The van der Waals surface area contributed by atoms with Crippen LogP contribution in [0, 0.1) is 0 Å². The molecule has 7 nitrogen and oxygen atoms in total. The molecule has 4 heterocycles. The average molecular weight is 390 g/mol. The summed E-state index contributed by atoms with van der Waals surface area (Å²) in [5.74, 6) is 2.25. The summed E-state index contributed by atoms with van der Waals surface area (Å²) in [6, 6.07) is 6.45. The topological polar surface area (TPSA) is 77.6 Å². The lowest BCUT2D eigenvalue weighted by Gasteiger charge is -2.35. The third kappa shape index (κ3) is 4.31. The van der Waals surface area contributed by atoms with E-state index < -0.39 is 0 Å². The molecule has 4 rings (SSSR count). The average Bonchev–Trinajstić information content (AvgIpc) is 3.25. The Morgan fingerprint density at radius 1 is 1.19 bits per heavy atom. The molecule has 0 bridgehead atoms. The molecule has 3 fully saturated rings. The Morgan fingerprint density at radius 2 is 2.04 bits per heavy atom. The molecule has 0 aromatic carbocycles. The van der Waals surface area contributed by atoms with Gasteiger partial charge >= 0.3 is 6.03 Å². The van der Waals surface area contributed by atoms with Gasteiger partial charge < -0.3 is 20.4 Å². The first-order valence-electron chi connectivity index (χ1n) is 9.83. The fourth-order valence-electron chi connectivity index (χ4n) is 4.15. The highest BCUT2D eigenvalue weighted by atomic mass is 32.2. The summed E-state index contributed by atoms with van der Waals surface area (Å²) in [5.41, 5.74) is 0. The van der Waals surface area contributed by atoms with E-state index in [0.29, 0.717) is 11.7 Å². The number of unbranched alkanes of at least 4 members (excludes halogenated alkanes) is 1. The van der Waals surface area contributed by atoms with Crippen LogP contribution in [0.4, 0.5) is 10.6 Å². The van der Waals surface area contributed by atoms with Crippen LogP contribution in [-0.2, 0) is 4.79 Å². The highest BCUT2D eigenvalue weighted by Gasteiger charge is 2.42. The van der Waals surface area contributed by atoms with E-state index in [1.807, 2.05) is 41.1 Å². The lowest BCUT2D eigenvalue weighted by Crippen LogP contribution is -2.49. The van der Waals surface area contributed by atoms with Gasteiger partial charge in [-0.3, -0.25) is 4.79 Å². The van der Waals surface area contributed by atoms with E-state index in [1.54, 1.807) is 0 Å². The number of piperazine rings is 1. The molecule has 3 saturated heterocycles. The second-order valence-electron chi connectivity index (χ2n) is 7.42. The largest absolute Gasteiger partial charge is 0.353 e. The van der Waals surface area contributed by atoms with Crippen molar-refractivity contribution in [3.05, 3.63) is 24.4 Å². The number of nitrogens with zero attached hydrogens (tertiary/aromatic N) is 3. The molecule has 0 aliphatic carbocycles. The number of nitrogens with one attached hydrogen (secondary N) is 2. The molecule has 3 atom stereocenters. The molecule has 8 heteroatoms. The maximum Gasteiger partial charge on any atom is 0.315 e. The van der Waals surface area contributed by atoms with E-state index in [1.165, 1.54) is 0 Å². The van der Waals surface area contributed by atoms with Crippen LogP contribution < -0.4 is 15.5 Å². The van der Waals surface area contributed by atoms with Crippen molar-refractivity contribution in [3.63, 3.8) is 0 Å². The van der Waals surface area contributed by atoms with Crippen LogP contribution in [0.25, 0.3) is 0 Å². The van der Waals surface area contributed by atoms with Gasteiger partial charge in [-0.2, -0.15) is 11.8 Å². The second kappa shape index (κ2) is 8.37. The number of urea groups is 1. The van der Waals surface area contributed by atoms with Crippen LogP contribution in [0.3, 0.4) is 0 Å². The summed E-state index contributed by atoms with van der Waals surface area (Å²) in [6.45, 7) is 3.24. The summed E-state index contributed by atoms with van der Waals surface area (Å²) in [7, 11) is 0. The molecule has 27 heavy (non-hydrogen) atoms. The molecule has 3 aliphatic heterocycles. The Morgan fingerprint density at radius 3 is 2.81 bits per heavy atom. The van der Waals surface area contributed by atoms with E-state index in [9.17, 15) is 9.59 Å². The van der Waals surface area contributed by atoms with Gasteiger partial charge in [0, 0.05) is 49.8 Å². The minimum Gasteiger partial charge on any atom is -0.353 e. The van der Waals surface area contributed by atoms with E-state index in [4.69, 9.17) is 0 Å². The number of thioether (sulfide) groups is 1. The predicted molar refractivity (Wildman–Crippen MR) is 107 cm³/mol. The third-order valence-electron chi connectivity index (χ3n) is 5.67. The maximum absolute atomic E-state index is 12.5. The standard InChI is InChI=1S/C19H27N5O2S/c25-17(24-11-9-23(10-12-24)16-6-3-4-8-20-16)7-2-1-5-15-18-14(13-27-15)21-19(26)22-18/h3-4,6,8,14-15,18H,1-2,5,7,9-13H2,(H2,21,22,26). The number of hydrogen-bond donors (Lipinski definition) is 2. The van der Waals surface area contributed by atoms with Gasteiger partial charge in [0.15, 0.2) is 0 Å². The summed E-state index contributed by atoms with van der Waals surface area (Å²) in [4.78, 5) is 32.5. The van der Waals surface area contributed by atoms with Gasteiger partial charge in [-0.1, -0.05) is 12.5 Å². The first-order chi connectivity index (χ1) is 13.2. The van der Waals surface area contributed by atoms with Crippen molar-refractivity contribution < 1.29 is 9.59 Å². The minimum atomic E-state index is -0.0321. The number of amides is 3. The van der Waals surface area contributed by atoms with Gasteiger partial charge in [0.25, 0.3) is 0 Å². The van der Waals surface area contributed by atoms with Crippen molar-refractivity contribution in [3.8, 4) is 0 Å². The Labute approximate surface area is 164 Å². The van der Waals surface area contributed by atoms with Crippen LogP contribution in [0.1, 0.15) is 25.7 Å². The molecule has 0 spiro atoms. The van der Waals surface area contributed by atoms with Crippen molar-refractivity contribution in [1.29, 1.82) is 0 Å². The van der Waals surface area contributed by atoms with Crippen LogP contribution in [0.2, 0.25) is 0 Å². The van der Waals surface area contributed by atoms with Gasteiger partial charge in [-0.25, -0.2) is 9.78 Å². The molecule has 1 aromatic heterocycles. The first-order valence-corrected chi connectivity index (χ1v) is 10.9. The molecule has 3 aliphatic rings. The predicted octanol–water partition coefficient (Wildman–Crippen LogP) is 1.46. The summed E-state index contributed by atoms with van der Waals surface area (Å²) >= 11 is 1.94. The number of rotatable bonds is 6. The summed E-state index contributed by atoms with van der Waals surface area (Å²) < 4.78 is 0. The molecular formula is C19H27N5O2S. The fourth-order valence-corrected chi connectivity index (χ4v) is 5.69. The van der Waals surface area contributed by atoms with Crippen LogP contribution in [0.15, 0.2) is 24.4 Å². The van der Waals surface area contributed by atoms with Gasteiger partial charge in [0.05, 0.1) is 12.1 Å². The zero-order valence-corrected chi connectivity index (χ0v) is 16.3. The van der Waals surface area contributed by atoms with E-state index in [0.717, 1.165) is 57.0 Å². The molecule has 1 aromatic rings. The van der Waals surface area contributed by atoms with Crippen molar-refractivity contribution in [2.75, 3.05) is 36.8 Å². The number of fused-ring (bicyclic) bond motifs is 1. The summed E-state index contributed by atoms with van der Waals surface area (Å²) in [5, 5.41) is 6.48. The SMILES string of the molecule is O=C1NC2CSC(CCCCC(=O)N3CCN(c4ccccn4)CC3)C2N1. The molecular weight excluding hydrogens is 362 g/mol. The zero-order chi connectivity index (χ0) is 18.6. The number of anilines is 1. The van der Waals surface area contributed by atoms with Gasteiger partial charge in [-0.05, 0) is 25.0 Å². The molecule has 3 unspecified atom stereocenters. The monoisotopic (exact) mass is 389 g/mol. The molecule has 2 N–H and O–H groups in total. The van der Waals surface area contributed by atoms with Gasteiger partial charge in [0.1, 0.15) is 5.82 Å². The normalized spacial score (nSPS) is 27.3. The number of pyridine rings is 1. The number of hydrogen-bond acceptors (Lipinski definition) is 5. The lowest BCUT2D eigenvalue weighted by atomic mass is 10.0. The Balaban J connectivity index is 1.14. The van der Waals surface area contributed by atoms with Gasteiger partial charge in [-0.15, -0.1) is 0 Å². The second-order valence-corrected chi connectivity index (χ2v) is 8.70. The molecule has 3 amide bonds. The Hall–Kier alpha value is -1.96. The van der Waals surface area contributed by atoms with E-state index in [2.05, 4.69) is 20.5 Å². The fraction of sp³-hybridized carbons (Fsp3) is 0.632. The van der Waals surface area contributed by atoms with E-state index >= 15 is 0 Å². The van der Waals surface area contributed by atoms with Gasteiger partial charge in [0.2, 0.25) is 5.91 Å². The first kappa shape index (κ1) is 18.4. The van der Waals surface area contributed by atoms with Crippen molar-refractivity contribution >= 4 is 29.5 Å². The third-order valence-corrected chi connectivity index (χ3v) is 7.18. The number of carbonyl (C=O) groups excluding carboxylic acids is 2. The zero-order valence-electron chi connectivity index (χ0n) is 15.5. The maximum atomic E-state index is 12.5. The van der Waals surface area contributed by atoms with Crippen molar-refractivity contribution in [1.82, 2.24) is 20.5 Å². The quantitative estimate of drug-likeness (QED) is 0.569. The summed E-state index contributed by atoms with van der Waals surface area (Å²) in [6.07, 6.45) is 5.46. The smallest absolute Gasteiger partial charge is 0.315 e. The number of carbonyl (C=O) groups is 2. The molecule has 146 valence electrons. The van der Waals surface area contributed by atoms with E-state index in [-0.39, 0.29) is 24.0 Å². The molecule has 0 radical (unpaired) electrons. The lowest BCUT2D eigenvalue weighted by molar-refractivity contribution is -0.131. The van der Waals surface area contributed by atoms with Crippen LogP contribution in [-0.4, -0.2) is 71.1 Å². The minimum absolute atomic E-state index is 0.0321. The highest BCUT2D eigenvalue weighted by molar-refractivity contribution is 8.00. The number of aromatic nitrogens is 1. The van der Waals surface area contributed by atoms with Crippen LogP contribution >= 0.6 is 11.8 Å². The Kier molecular flexibility index (Phi) is 5.71. The Bertz CT molecular complexity index is 665. The highest BCUT2D eigenvalue weighted by Crippen LogP contribution is 2.33. The van der Waals surface area contributed by atoms with Crippen molar-refractivity contribution in [2.45, 2.75) is 43.0 Å².